The topological polar surface area (TPSA) is 18.5 Å². The van der Waals surface area contributed by atoms with E-state index >= 15 is 0 Å². The van der Waals surface area contributed by atoms with Crippen LogP contribution in [0.4, 0.5) is 0 Å². The van der Waals surface area contributed by atoms with Gasteiger partial charge in [-0.15, -0.1) is 0 Å². The SMILES string of the molecule is BrC1=C(\OC2CCCCCCCC2)C=CC\C=C/C=C\1OC1=CC=CC=CC=C1. The zero-order valence-corrected chi connectivity index (χ0v) is 18.6. The fourth-order valence-corrected chi connectivity index (χ4v) is 4.00. The molecule has 0 atom stereocenters. The third-order valence-electron chi connectivity index (χ3n) is 5.15. The van der Waals surface area contributed by atoms with E-state index in [1.54, 1.807) is 0 Å². The van der Waals surface area contributed by atoms with Gasteiger partial charge in [0.15, 0.2) is 0 Å². The molecule has 3 heteroatoms. The molecule has 154 valence electrons. The van der Waals surface area contributed by atoms with Crippen molar-refractivity contribution in [2.45, 2.75) is 63.9 Å². The van der Waals surface area contributed by atoms with Crippen molar-refractivity contribution in [1.82, 2.24) is 0 Å². The first-order valence-electron chi connectivity index (χ1n) is 10.8. The number of halogens is 1. The third-order valence-corrected chi connectivity index (χ3v) is 5.93. The van der Waals surface area contributed by atoms with Crippen LogP contribution in [0.2, 0.25) is 0 Å². The molecule has 0 bridgehead atoms. The molecule has 1 fully saturated rings. The highest BCUT2D eigenvalue weighted by Gasteiger charge is 2.17. The molecule has 0 aromatic rings. The van der Waals surface area contributed by atoms with Crippen molar-refractivity contribution >= 4 is 15.9 Å². The lowest BCUT2D eigenvalue weighted by molar-refractivity contribution is 0.104. The summed E-state index contributed by atoms with van der Waals surface area (Å²) in [6.07, 6.45) is 35.5. The maximum Gasteiger partial charge on any atom is 0.145 e. The number of ether oxygens (including phenoxy) is 2. The van der Waals surface area contributed by atoms with Gasteiger partial charge < -0.3 is 9.47 Å². The molecule has 3 aliphatic carbocycles. The highest BCUT2D eigenvalue weighted by molar-refractivity contribution is 9.12. The molecule has 2 nitrogen and oxygen atoms in total. The molecule has 29 heavy (non-hydrogen) atoms. The molecule has 0 aliphatic heterocycles. The normalized spacial score (nSPS) is 26.9. The first kappa shape index (κ1) is 21.7. The second-order valence-electron chi connectivity index (χ2n) is 7.51. The highest BCUT2D eigenvalue weighted by Crippen LogP contribution is 2.30. The standard InChI is InChI=1S/C26H31BrO2/c27-26-24(28-22-16-10-4-1-2-5-11-17-22)20-14-8-9-15-21-25(26)29-23-18-12-6-3-7-13-19-23/h3,6-7,9,12-15,18-22H,1-2,4-5,8,10-11,16-17H2/b6-3?,7-3?,12-6?,13-7?,15-9-,18-12?,19-13?,20-14?,23-18?,23-19?,25-21+,26-24-. The van der Waals surface area contributed by atoms with Gasteiger partial charge in [0.25, 0.3) is 0 Å². The van der Waals surface area contributed by atoms with Gasteiger partial charge in [0.1, 0.15) is 21.8 Å². The van der Waals surface area contributed by atoms with Crippen molar-refractivity contribution in [3.8, 4) is 0 Å². The predicted octanol–water partition coefficient (Wildman–Crippen LogP) is 8.10. The molecule has 0 aromatic carbocycles. The Bertz CT molecular complexity index is 765. The van der Waals surface area contributed by atoms with Crippen molar-refractivity contribution in [3.05, 3.63) is 94.7 Å². The van der Waals surface area contributed by atoms with E-state index in [1.807, 2.05) is 54.7 Å². The van der Waals surface area contributed by atoms with Crippen molar-refractivity contribution < 1.29 is 9.47 Å². The van der Waals surface area contributed by atoms with Crippen LogP contribution in [0.1, 0.15) is 57.8 Å². The van der Waals surface area contributed by atoms with Crippen LogP contribution in [0.3, 0.4) is 0 Å². The zero-order valence-electron chi connectivity index (χ0n) is 17.1. The van der Waals surface area contributed by atoms with Crippen LogP contribution in [0, 0.1) is 0 Å². The Balaban J connectivity index is 1.80. The highest BCUT2D eigenvalue weighted by atomic mass is 79.9. The Morgan fingerprint density at radius 1 is 0.724 bits per heavy atom. The second kappa shape index (κ2) is 12.5. The minimum Gasteiger partial charge on any atom is -0.489 e. The number of rotatable bonds is 4. The number of allylic oxidation sites excluding steroid dienone is 13. The van der Waals surface area contributed by atoms with E-state index in [4.69, 9.17) is 9.47 Å². The summed E-state index contributed by atoms with van der Waals surface area (Å²) in [6, 6.07) is 0. The molecule has 0 radical (unpaired) electrons. The third kappa shape index (κ3) is 7.74. The van der Waals surface area contributed by atoms with Gasteiger partial charge in [0.2, 0.25) is 0 Å². The maximum atomic E-state index is 6.53. The largest absolute Gasteiger partial charge is 0.489 e. The van der Waals surface area contributed by atoms with Crippen LogP contribution >= 0.6 is 15.9 Å². The minimum absolute atomic E-state index is 0.267. The molecule has 3 aliphatic rings. The van der Waals surface area contributed by atoms with Crippen molar-refractivity contribution in [2.75, 3.05) is 0 Å². The summed E-state index contributed by atoms with van der Waals surface area (Å²) in [7, 11) is 0. The molecule has 0 unspecified atom stereocenters. The van der Waals surface area contributed by atoms with Gasteiger partial charge in [0, 0.05) is 0 Å². The smallest absolute Gasteiger partial charge is 0.145 e. The van der Waals surface area contributed by atoms with Crippen molar-refractivity contribution in [1.29, 1.82) is 0 Å². The Kier molecular flexibility index (Phi) is 9.38. The summed E-state index contributed by atoms with van der Waals surface area (Å²) in [5, 5.41) is 0. The second-order valence-corrected chi connectivity index (χ2v) is 8.31. The molecule has 0 saturated heterocycles. The van der Waals surface area contributed by atoms with Gasteiger partial charge in [-0.1, -0.05) is 74.3 Å². The molecule has 0 spiro atoms. The van der Waals surface area contributed by atoms with E-state index in [0.717, 1.165) is 41.0 Å². The Labute approximate surface area is 183 Å². The molecular formula is C26H31BrO2. The van der Waals surface area contributed by atoms with Crippen LogP contribution < -0.4 is 0 Å². The summed E-state index contributed by atoms with van der Waals surface area (Å²) >= 11 is 3.77. The molecule has 0 aromatic heterocycles. The maximum absolute atomic E-state index is 6.53. The average molecular weight is 455 g/mol. The first-order chi connectivity index (χ1) is 14.3. The minimum atomic E-state index is 0.267. The summed E-state index contributed by atoms with van der Waals surface area (Å²) in [6.45, 7) is 0. The van der Waals surface area contributed by atoms with Crippen molar-refractivity contribution in [3.63, 3.8) is 0 Å². The summed E-state index contributed by atoms with van der Waals surface area (Å²) < 4.78 is 13.6. The average Bonchev–Trinajstić information content (AvgIpc) is 2.87. The molecule has 3 rings (SSSR count). The van der Waals surface area contributed by atoms with Gasteiger partial charge in [-0.3, -0.25) is 0 Å². The van der Waals surface area contributed by atoms with E-state index < -0.39 is 0 Å². The molecule has 0 N–H and O–H groups in total. The van der Waals surface area contributed by atoms with E-state index in [9.17, 15) is 0 Å². The summed E-state index contributed by atoms with van der Waals surface area (Å²) in [5.41, 5.74) is 0. The van der Waals surface area contributed by atoms with Crippen LogP contribution in [-0.2, 0) is 9.47 Å². The van der Waals surface area contributed by atoms with E-state index in [0.29, 0.717) is 0 Å². The number of hydrogen-bond donors (Lipinski definition) is 0. The van der Waals surface area contributed by atoms with Gasteiger partial charge in [-0.25, -0.2) is 0 Å². The lowest BCUT2D eigenvalue weighted by atomic mass is 10.1. The van der Waals surface area contributed by atoms with E-state index in [-0.39, 0.29) is 6.10 Å². The quantitative estimate of drug-likeness (QED) is 0.426. The van der Waals surface area contributed by atoms with Crippen molar-refractivity contribution in [2.24, 2.45) is 0 Å². The van der Waals surface area contributed by atoms with Crippen LogP contribution in [0.5, 0.6) is 0 Å². The van der Waals surface area contributed by atoms with Gasteiger partial charge in [0.05, 0.1) is 6.10 Å². The van der Waals surface area contributed by atoms with Gasteiger partial charge >= 0.3 is 0 Å². The van der Waals surface area contributed by atoms with Gasteiger partial charge in [-0.2, -0.15) is 0 Å². The predicted molar refractivity (Wildman–Crippen MR) is 125 cm³/mol. The van der Waals surface area contributed by atoms with Crippen LogP contribution in [0.25, 0.3) is 0 Å². The Morgan fingerprint density at radius 2 is 1.45 bits per heavy atom. The fourth-order valence-electron chi connectivity index (χ4n) is 3.56. The molecule has 0 heterocycles. The molecule has 0 amide bonds. The number of hydrogen-bond acceptors (Lipinski definition) is 2. The lowest BCUT2D eigenvalue weighted by Crippen LogP contribution is -2.13. The fraction of sp³-hybridized carbons (Fsp3) is 0.385. The van der Waals surface area contributed by atoms with Gasteiger partial charge in [-0.05, 0) is 72.3 Å². The molecular weight excluding hydrogens is 424 g/mol. The summed E-state index contributed by atoms with van der Waals surface area (Å²) in [4.78, 5) is 0. The van der Waals surface area contributed by atoms with Crippen LogP contribution in [0.15, 0.2) is 94.7 Å². The summed E-state index contributed by atoms with van der Waals surface area (Å²) in [5.74, 6) is 2.39. The lowest BCUT2D eigenvalue weighted by Gasteiger charge is -2.21. The monoisotopic (exact) mass is 454 g/mol. The molecule has 1 saturated carbocycles. The Hall–Kier alpha value is -2.00. The van der Waals surface area contributed by atoms with E-state index in [2.05, 4.69) is 34.2 Å². The Morgan fingerprint density at radius 3 is 2.28 bits per heavy atom. The van der Waals surface area contributed by atoms with E-state index in [1.165, 1.54) is 38.5 Å². The van der Waals surface area contributed by atoms with Crippen LogP contribution in [-0.4, -0.2) is 6.10 Å². The first-order valence-corrected chi connectivity index (χ1v) is 11.6. The zero-order chi connectivity index (χ0) is 20.2.